The van der Waals surface area contributed by atoms with Crippen molar-refractivity contribution in [3.05, 3.63) is 29.8 Å². The summed E-state index contributed by atoms with van der Waals surface area (Å²) in [7, 11) is 0. The number of nitriles is 1. The van der Waals surface area contributed by atoms with Gasteiger partial charge < -0.3 is 15.0 Å². The number of nitrogens with one attached hydrogen (secondary N) is 1. The smallest absolute Gasteiger partial charge is 0.256 e. The fourth-order valence-corrected chi connectivity index (χ4v) is 2.19. The number of para-hydroxylation sites is 1. The second-order valence-corrected chi connectivity index (χ2v) is 5.08. The monoisotopic (exact) mass is 273 g/mol. The highest BCUT2D eigenvalue weighted by molar-refractivity contribution is 5.99. The van der Waals surface area contributed by atoms with Gasteiger partial charge in [0.25, 0.3) is 5.91 Å². The first-order valence-electron chi connectivity index (χ1n) is 6.78. The van der Waals surface area contributed by atoms with Crippen molar-refractivity contribution in [3.8, 4) is 6.07 Å². The van der Waals surface area contributed by atoms with Crippen LogP contribution in [-0.2, 0) is 4.74 Å². The molecule has 0 aliphatic carbocycles. The van der Waals surface area contributed by atoms with Gasteiger partial charge in [-0.1, -0.05) is 12.1 Å². The molecular formula is C15H19N3O2. The molecule has 1 amide bonds. The van der Waals surface area contributed by atoms with Gasteiger partial charge in [-0.15, -0.1) is 0 Å². The lowest BCUT2D eigenvalue weighted by atomic mass is 10.1. The Morgan fingerprint density at radius 1 is 1.50 bits per heavy atom. The van der Waals surface area contributed by atoms with Crippen LogP contribution in [0, 0.1) is 11.3 Å². The predicted octanol–water partition coefficient (Wildman–Crippen LogP) is 1.87. The molecule has 106 valence electrons. The van der Waals surface area contributed by atoms with E-state index < -0.39 is 6.10 Å². The first kappa shape index (κ1) is 14.4. The minimum absolute atomic E-state index is 0.0581. The van der Waals surface area contributed by atoms with E-state index in [9.17, 15) is 4.79 Å². The number of amides is 1. The normalized spacial score (nSPS) is 18.7. The van der Waals surface area contributed by atoms with E-state index in [0.717, 1.165) is 5.69 Å². The van der Waals surface area contributed by atoms with E-state index in [2.05, 4.69) is 11.4 Å². The maximum Gasteiger partial charge on any atom is 0.256 e. The van der Waals surface area contributed by atoms with Crippen LogP contribution in [0.5, 0.6) is 0 Å². The van der Waals surface area contributed by atoms with Crippen molar-refractivity contribution in [2.24, 2.45) is 0 Å². The van der Waals surface area contributed by atoms with Crippen molar-refractivity contribution in [2.75, 3.05) is 25.0 Å². The molecule has 1 aliphatic heterocycles. The second kappa shape index (κ2) is 6.40. The molecule has 20 heavy (non-hydrogen) atoms. The summed E-state index contributed by atoms with van der Waals surface area (Å²) in [6.07, 6.45) is -0.530. The van der Waals surface area contributed by atoms with Crippen molar-refractivity contribution >= 4 is 11.6 Å². The van der Waals surface area contributed by atoms with Gasteiger partial charge in [0.15, 0.2) is 6.10 Å². The molecule has 5 nitrogen and oxygen atoms in total. The summed E-state index contributed by atoms with van der Waals surface area (Å²) >= 11 is 0. The molecule has 5 heteroatoms. The Balaban J connectivity index is 2.18. The number of carbonyl (C=O) groups excluding carboxylic acids is 1. The first-order chi connectivity index (χ1) is 9.61. The summed E-state index contributed by atoms with van der Waals surface area (Å²) in [5.74, 6) is -0.0581. The van der Waals surface area contributed by atoms with E-state index in [0.29, 0.717) is 25.3 Å². The zero-order valence-corrected chi connectivity index (χ0v) is 11.8. The largest absolute Gasteiger partial charge is 0.382 e. The quantitative estimate of drug-likeness (QED) is 0.913. The van der Waals surface area contributed by atoms with Gasteiger partial charge in [0, 0.05) is 18.3 Å². The molecule has 0 bridgehead atoms. The first-order valence-corrected chi connectivity index (χ1v) is 6.78. The minimum Gasteiger partial charge on any atom is -0.382 e. The Morgan fingerprint density at radius 2 is 2.25 bits per heavy atom. The van der Waals surface area contributed by atoms with Crippen molar-refractivity contribution in [1.29, 1.82) is 5.26 Å². The predicted molar refractivity (Wildman–Crippen MR) is 76.5 cm³/mol. The molecule has 1 N–H and O–H groups in total. The molecule has 1 heterocycles. The van der Waals surface area contributed by atoms with Crippen LogP contribution in [0.25, 0.3) is 0 Å². The third-order valence-corrected chi connectivity index (χ3v) is 3.10. The summed E-state index contributed by atoms with van der Waals surface area (Å²) in [5.41, 5.74) is 1.47. The fraction of sp³-hybridized carbons (Fsp3) is 0.467. The molecule has 2 rings (SSSR count). The van der Waals surface area contributed by atoms with Crippen LogP contribution >= 0.6 is 0 Å². The minimum atomic E-state index is -0.530. The van der Waals surface area contributed by atoms with Crippen LogP contribution in [0.2, 0.25) is 0 Å². The zero-order chi connectivity index (χ0) is 14.5. The van der Waals surface area contributed by atoms with Crippen molar-refractivity contribution in [2.45, 2.75) is 26.0 Å². The summed E-state index contributed by atoms with van der Waals surface area (Å²) in [6, 6.07) is 9.76. The lowest BCUT2D eigenvalue weighted by Gasteiger charge is -2.30. The molecule has 1 aromatic carbocycles. The van der Waals surface area contributed by atoms with Crippen LogP contribution < -0.4 is 5.32 Å². The number of anilines is 1. The van der Waals surface area contributed by atoms with Crippen LogP contribution in [0.1, 0.15) is 24.2 Å². The van der Waals surface area contributed by atoms with E-state index in [1.54, 1.807) is 4.90 Å². The zero-order valence-electron chi connectivity index (χ0n) is 11.8. The van der Waals surface area contributed by atoms with Crippen LogP contribution in [-0.4, -0.2) is 42.6 Å². The van der Waals surface area contributed by atoms with E-state index in [4.69, 9.17) is 10.00 Å². The summed E-state index contributed by atoms with van der Waals surface area (Å²) in [6.45, 7) is 5.31. The average molecular weight is 273 g/mol. The van der Waals surface area contributed by atoms with Gasteiger partial charge >= 0.3 is 0 Å². The Kier molecular flexibility index (Phi) is 4.59. The SMILES string of the molecule is CC(C)Nc1ccccc1C(=O)N1CCOC(C#N)C1. The maximum absolute atomic E-state index is 12.6. The fourth-order valence-electron chi connectivity index (χ4n) is 2.19. The summed E-state index contributed by atoms with van der Waals surface area (Å²) in [4.78, 5) is 14.3. The maximum atomic E-state index is 12.6. The molecular weight excluding hydrogens is 254 g/mol. The molecule has 1 aliphatic rings. The molecule has 1 unspecified atom stereocenters. The molecule has 1 atom stereocenters. The Morgan fingerprint density at radius 3 is 2.95 bits per heavy atom. The van der Waals surface area contributed by atoms with Gasteiger partial charge in [-0.2, -0.15) is 5.26 Å². The van der Waals surface area contributed by atoms with Gasteiger partial charge in [0.05, 0.1) is 24.8 Å². The number of nitrogens with zero attached hydrogens (tertiary/aromatic N) is 2. The van der Waals surface area contributed by atoms with E-state index in [-0.39, 0.29) is 11.9 Å². The molecule has 0 aromatic heterocycles. The number of carbonyl (C=O) groups is 1. The van der Waals surface area contributed by atoms with Crippen molar-refractivity contribution in [1.82, 2.24) is 4.90 Å². The van der Waals surface area contributed by atoms with Crippen LogP contribution in [0.4, 0.5) is 5.69 Å². The highest BCUT2D eigenvalue weighted by atomic mass is 16.5. The molecule has 1 fully saturated rings. The second-order valence-electron chi connectivity index (χ2n) is 5.08. The number of hydrogen-bond acceptors (Lipinski definition) is 4. The molecule has 1 saturated heterocycles. The summed E-state index contributed by atoms with van der Waals surface area (Å²) < 4.78 is 5.27. The van der Waals surface area contributed by atoms with E-state index in [1.165, 1.54) is 0 Å². The standard InChI is InChI=1S/C15H19N3O2/c1-11(2)17-14-6-4-3-5-13(14)15(19)18-7-8-20-12(9-16)10-18/h3-6,11-12,17H,7-8,10H2,1-2H3. The topological polar surface area (TPSA) is 65.4 Å². The number of rotatable bonds is 3. The van der Waals surface area contributed by atoms with Gasteiger partial charge in [-0.3, -0.25) is 4.79 Å². The van der Waals surface area contributed by atoms with Crippen LogP contribution in [0.15, 0.2) is 24.3 Å². The molecule has 0 spiro atoms. The molecule has 1 aromatic rings. The average Bonchev–Trinajstić information content (AvgIpc) is 2.46. The lowest BCUT2D eigenvalue weighted by molar-refractivity contribution is 0.00351. The highest BCUT2D eigenvalue weighted by Crippen LogP contribution is 2.19. The van der Waals surface area contributed by atoms with Crippen molar-refractivity contribution < 1.29 is 9.53 Å². The van der Waals surface area contributed by atoms with E-state index >= 15 is 0 Å². The van der Waals surface area contributed by atoms with Gasteiger partial charge in [0.1, 0.15) is 0 Å². The Bertz CT molecular complexity index is 522. The number of hydrogen-bond donors (Lipinski definition) is 1. The molecule has 0 saturated carbocycles. The highest BCUT2D eigenvalue weighted by Gasteiger charge is 2.26. The lowest BCUT2D eigenvalue weighted by Crippen LogP contribution is -2.45. The number of morpholine rings is 1. The number of benzene rings is 1. The number of ether oxygens (including phenoxy) is 1. The van der Waals surface area contributed by atoms with Crippen LogP contribution in [0.3, 0.4) is 0 Å². The summed E-state index contributed by atoms with van der Waals surface area (Å²) in [5, 5.41) is 12.2. The van der Waals surface area contributed by atoms with Gasteiger partial charge in [-0.05, 0) is 26.0 Å². The Labute approximate surface area is 119 Å². The van der Waals surface area contributed by atoms with E-state index in [1.807, 2.05) is 38.1 Å². The third-order valence-electron chi connectivity index (χ3n) is 3.10. The van der Waals surface area contributed by atoms with Crippen molar-refractivity contribution in [3.63, 3.8) is 0 Å². The Hall–Kier alpha value is -2.06. The van der Waals surface area contributed by atoms with Gasteiger partial charge in [0.2, 0.25) is 0 Å². The third kappa shape index (κ3) is 3.28. The van der Waals surface area contributed by atoms with Gasteiger partial charge in [-0.25, -0.2) is 0 Å². The molecule has 0 radical (unpaired) electrons.